The van der Waals surface area contributed by atoms with Gasteiger partial charge in [-0.25, -0.2) is 0 Å². The van der Waals surface area contributed by atoms with E-state index in [9.17, 15) is 5.26 Å². The number of rotatable bonds is 5. The monoisotopic (exact) mass is 1220 g/mol. The van der Waals surface area contributed by atoms with Crippen LogP contribution >= 0.6 is 11.8 Å². The van der Waals surface area contributed by atoms with Gasteiger partial charge in [-0.3, -0.25) is 9.97 Å². The molecule has 0 saturated heterocycles. The first-order valence-electron chi connectivity index (χ1n) is 31.7. The second-order valence-electron chi connectivity index (χ2n) is 24.8. The maximum absolute atomic E-state index is 10.2. The molecule has 0 atom stereocenters. The SMILES string of the molecule is N#Cc1ccc2c(c1)c1ccccc1n2-c1ccc2c(c1)Oc1cc(-n3c4ccccc4c4cc(N5c6ccccc6Sc6ccccc65)ccc43)ccc1C21c2cc(-n3c4ccccc4c4ccccc43)cnc2-c2ncc(-n3c4ccccc4c4ccccc43)cc21. The highest BCUT2D eigenvalue weighted by molar-refractivity contribution is 7.99. The van der Waals surface area contributed by atoms with Crippen molar-refractivity contribution in [1.82, 2.24) is 28.2 Å². The minimum absolute atomic E-state index is 0.612. The minimum Gasteiger partial charge on any atom is -0.457 e. The molecule has 436 valence electrons. The smallest absolute Gasteiger partial charge is 0.134 e. The van der Waals surface area contributed by atoms with Gasteiger partial charge in [0, 0.05) is 104 Å². The second-order valence-corrected chi connectivity index (χ2v) is 25.8. The van der Waals surface area contributed by atoms with Crippen molar-refractivity contribution in [2.45, 2.75) is 15.2 Å². The van der Waals surface area contributed by atoms with E-state index in [0.29, 0.717) is 17.1 Å². The maximum Gasteiger partial charge on any atom is 0.134 e. The molecule has 18 aromatic rings. The molecule has 6 aromatic heterocycles. The Bertz CT molecular complexity index is 6120. The van der Waals surface area contributed by atoms with Crippen LogP contribution in [0.3, 0.4) is 0 Å². The molecule has 10 heteroatoms. The molecule has 0 radical (unpaired) electrons. The highest BCUT2D eigenvalue weighted by atomic mass is 32.2. The highest BCUT2D eigenvalue weighted by Crippen LogP contribution is 2.63. The minimum atomic E-state index is -1.05. The zero-order valence-electron chi connectivity index (χ0n) is 50.1. The van der Waals surface area contributed by atoms with Crippen LogP contribution in [-0.4, -0.2) is 28.2 Å². The number of nitriles is 1. The molecule has 0 unspecified atom stereocenters. The van der Waals surface area contributed by atoms with Crippen LogP contribution in [-0.2, 0) is 5.41 Å². The number of pyridine rings is 2. The number of hydrogen-bond donors (Lipinski definition) is 0. The van der Waals surface area contributed by atoms with Crippen LogP contribution in [0.1, 0.15) is 27.8 Å². The summed E-state index contributed by atoms with van der Waals surface area (Å²) in [4.78, 5) is 16.1. The van der Waals surface area contributed by atoms with Gasteiger partial charge in [0.05, 0.1) is 108 Å². The first kappa shape index (κ1) is 51.3. The van der Waals surface area contributed by atoms with E-state index in [1.165, 1.54) is 31.3 Å². The van der Waals surface area contributed by atoms with Gasteiger partial charge in [-0.2, -0.15) is 5.26 Å². The lowest BCUT2D eigenvalue weighted by Crippen LogP contribution is -2.32. The number of benzene rings is 12. The molecule has 94 heavy (non-hydrogen) atoms. The van der Waals surface area contributed by atoms with Crippen molar-refractivity contribution in [3.05, 3.63) is 319 Å². The number of nitrogens with zero attached hydrogens (tertiary/aromatic N) is 8. The fourth-order valence-electron chi connectivity index (χ4n) is 16.3. The summed E-state index contributed by atoms with van der Waals surface area (Å²) < 4.78 is 17.2. The number of hydrogen-bond acceptors (Lipinski definition) is 6. The van der Waals surface area contributed by atoms with Crippen molar-refractivity contribution >= 4 is 116 Å². The van der Waals surface area contributed by atoms with Gasteiger partial charge < -0.3 is 27.9 Å². The molecule has 9 nitrogen and oxygen atoms in total. The van der Waals surface area contributed by atoms with Gasteiger partial charge >= 0.3 is 0 Å². The Labute approximate surface area is 542 Å². The number of anilines is 3. The molecule has 1 spiro atoms. The lowest BCUT2D eigenvalue weighted by Gasteiger charge is -2.39. The Balaban J connectivity index is 0.847. The average molecular weight is 1220 g/mol. The molecule has 0 bridgehead atoms. The Hall–Kier alpha value is -12.4. The van der Waals surface area contributed by atoms with E-state index in [0.717, 1.165) is 139 Å². The summed E-state index contributed by atoms with van der Waals surface area (Å²) in [7, 11) is 0. The van der Waals surface area contributed by atoms with E-state index in [-0.39, 0.29) is 0 Å². The maximum atomic E-state index is 10.2. The fourth-order valence-corrected chi connectivity index (χ4v) is 17.3. The van der Waals surface area contributed by atoms with Crippen molar-refractivity contribution in [2.75, 3.05) is 4.90 Å². The molecule has 8 heterocycles. The van der Waals surface area contributed by atoms with E-state index >= 15 is 0 Å². The van der Waals surface area contributed by atoms with Crippen molar-refractivity contribution in [3.63, 3.8) is 0 Å². The standard InChI is InChI=1S/C84H48N8OS/c85-47-50-33-39-74-62(41-50)60-21-5-11-27-72(60)88(74)52-34-37-64-78(45-52)93-79-46-53(89-73-28-12-6-22-61(73)63-42-51(36-40-75(63)89)90-76-29-13-15-31-80(76)94-81-32-16-14-30-77(81)90)35-38-65(79)84(64)66-43-54(91-68-23-7-1-17-56(68)57-18-2-8-24-69(57)91)48-86-82(66)83-67(84)44-55(49-87-83)92-70-25-9-3-19-58(70)59-20-4-10-26-71(59)92/h1-46,48-49H. The van der Waals surface area contributed by atoms with Crippen LogP contribution in [0.15, 0.2) is 301 Å². The van der Waals surface area contributed by atoms with E-state index in [4.69, 9.17) is 14.7 Å². The fraction of sp³-hybridized carbons (Fsp3) is 0.0119. The van der Waals surface area contributed by atoms with Gasteiger partial charge in [0.15, 0.2) is 0 Å². The molecule has 0 saturated carbocycles. The quantitative estimate of drug-likeness (QED) is 0.171. The Morgan fingerprint density at radius 1 is 0.319 bits per heavy atom. The molecule has 0 N–H and O–H groups in total. The number of para-hydroxylation sites is 8. The third-order valence-electron chi connectivity index (χ3n) is 20.1. The van der Waals surface area contributed by atoms with Gasteiger partial charge in [0.25, 0.3) is 0 Å². The van der Waals surface area contributed by atoms with E-state index in [2.05, 4.69) is 296 Å². The molecule has 0 fully saturated rings. The Morgan fingerprint density at radius 2 is 0.681 bits per heavy atom. The first-order valence-corrected chi connectivity index (χ1v) is 32.5. The van der Waals surface area contributed by atoms with Crippen LogP contribution in [0.25, 0.3) is 121 Å². The Morgan fingerprint density at radius 3 is 1.13 bits per heavy atom. The third-order valence-corrected chi connectivity index (χ3v) is 21.2. The molecular formula is C84H48N8OS. The lowest BCUT2D eigenvalue weighted by molar-refractivity contribution is 0.436. The van der Waals surface area contributed by atoms with E-state index in [1.54, 1.807) is 0 Å². The molecule has 12 aromatic carbocycles. The molecule has 2 aliphatic heterocycles. The largest absolute Gasteiger partial charge is 0.457 e. The summed E-state index contributed by atoms with van der Waals surface area (Å²) in [6, 6.07) is 103. The summed E-state index contributed by atoms with van der Waals surface area (Å²) >= 11 is 1.82. The highest BCUT2D eigenvalue weighted by Gasteiger charge is 2.53. The zero-order chi connectivity index (χ0) is 61.5. The summed E-state index contributed by atoms with van der Waals surface area (Å²) in [5.41, 5.74) is 20.9. The summed E-state index contributed by atoms with van der Waals surface area (Å²) in [6.07, 6.45) is 4.07. The molecule has 21 rings (SSSR count). The topological polar surface area (TPSA) is 81.8 Å². The number of ether oxygens (including phenoxy) is 1. The number of fused-ring (bicyclic) bond motifs is 23. The van der Waals surface area contributed by atoms with Gasteiger partial charge in [-0.05, 0) is 121 Å². The van der Waals surface area contributed by atoms with Crippen LogP contribution in [0.4, 0.5) is 17.1 Å². The first-order chi connectivity index (χ1) is 46.6. The van der Waals surface area contributed by atoms with E-state index < -0.39 is 5.41 Å². The molecule has 0 amide bonds. The van der Waals surface area contributed by atoms with Gasteiger partial charge in [0.1, 0.15) is 11.5 Å². The van der Waals surface area contributed by atoms with E-state index in [1.807, 2.05) is 36.3 Å². The molecule has 1 aliphatic carbocycles. The lowest BCUT2D eigenvalue weighted by atomic mass is 9.66. The third kappa shape index (κ3) is 6.86. The normalized spacial score (nSPS) is 13.4. The van der Waals surface area contributed by atoms with Crippen LogP contribution in [0.2, 0.25) is 0 Å². The van der Waals surface area contributed by atoms with Gasteiger partial charge in [0.2, 0.25) is 0 Å². The zero-order valence-corrected chi connectivity index (χ0v) is 50.9. The van der Waals surface area contributed by atoms with Crippen LogP contribution < -0.4 is 9.64 Å². The summed E-state index contributed by atoms with van der Waals surface area (Å²) in [6.45, 7) is 0. The molecular weight excluding hydrogens is 1170 g/mol. The second kappa shape index (κ2) is 19.1. The Kier molecular flexibility index (Phi) is 10.4. The van der Waals surface area contributed by atoms with Crippen molar-refractivity contribution in [1.29, 1.82) is 5.26 Å². The average Bonchev–Trinajstić information content (AvgIpc) is 1.45. The number of aromatic nitrogens is 6. The van der Waals surface area contributed by atoms with Crippen LogP contribution in [0.5, 0.6) is 11.5 Å². The van der Waals surface area contributed by atoms with Crippen molar-refractivity contribution < 1.29 is 4.74 Å². The van der Waals surface area contributed by atoms with Gasteiger partial charge in [-0.1, -0.05) is 157 Å². The molecule has 3 aliphatic rings. The predicted molar refractivity (Wildman–Crippen MR) is 380 cm³/mol. The van der Waals surface area contributed by atoms with Gasteiger partial charge in [-0.15, -0.1) is 0 Å². The summed E-state index contributed by atoms with van der Waals surface area (Å²) in [5, 5.41) is 19.2. The predicted octanol–water partition coefficient (Wildman–Crippen LogP) is 21.1. The summed E-state index contributed by atoms with van der Waals surface area (Å²) in [5.74, 6) is 1.42. The van der Waals surface area contributed by atoms with Crippen molar-refractivity contribution in [3.8, 4) is 51.7 Å². The van der Waals surface area contributed by atoms with Crippen LogP contribution in [0, 0.1) is 11.3 Å². The van der Waals surface area contributed by atoms with Crippen molar-refractivity contribution in [2.24, 2.45) is 0 Å².